The second-order valence-electron chi connectivity index (χ2n) is 1.56. The molecular formula is C5H6F3NO. The summed E-state index contributed by atoms with van der Waals surface area (Å²) < 4.78 is 34.6. The summed E-state index contributed by atoms with van der Waals surface area (Å²) in [6, 6.07) is 0. The lowest BCUT2D eigenvalue weighted by atomic mass is 10.3. The quantitative estimate of drug-likeness (QED) is 0.556. The lowest BCUT2D eigenvalue weighted by Crippen LogP contribution is -2.28. The molecule has 0 aliphatic rings. The third-order valence-corrected chi connectivity index (χ3v) is 0.843. The first-order valence-electron chi connectivity index (χ1n) is 2.37. The van der Waals surface area contributed by atoms with E-state index in [2.05, 4.69) is 6.58 Å². The van der Waals surface area contributed by atoms with Gasteiger partial charge in [0.1, 0.15) is 5.57 Å². The van der Waals surface area contributed by atoms with E-state index in [4.69, 9.17) is 0 Å². The van der Waals surface area contributed by atoms with Crippen molar-refractivity contribution >= 4 is 5.91 Å². The Balaban J connectivity index is 4.24. The molecule has 0 radical (unpaired) electrons. The van der Waals surface area contributed by atoms with Gasteiger partial charge in [0.05, 0.1) is 0 Å². The zero-order valence-corrected chi connectivity index (χ0v) is 5.25. The molecule has 0 bridgehead atoms. The van der Waals surface area contributed by atoms with Crippen LogP contribution in [0, 0.1) is 0 Å². The molecule has 5 heteroatoms. The smallest absolute Gasteiger partial charge is 0.355 e. The van der Waals surface area contributed by atoms with Gasteiger partial charge in [-0.05, 0) is 0 Å². The minimum atomic E-state index is -4.62. The molecule has 0 aliphatic carbocycles. The fourth-order valence-corrected chi connectivity index (χ4v) is 0.280. The highest BCUT2D eigenvalue weighted by molar-refractivity contribution is 5.93. The molecule has 0 aromatic heterocycles. The van der Waals surface area contributed by atoms with Crippen LogP contribution in [0.25, 0.3) is 0 Å². The molecule has 0 spiro atoms. The number of halogens is 3. The van der Waals surface area contributed by atoms with Gasteiger partial charge in [-0.2, -0.15) is 13.2 Å². The third kappa shape index (κ3) is 2.08. The highest BCUT2D eigenvalue weighted by Crippen LogP contribution is 2.23. The molecule has 0 aliphatic heterocycles. The molecule has 0 saturated carbocycles. The summed E-state index contributed by atoms with van der Waals surface area (Å²) in [6.07, 6.45) is -4.62. The van der Waals surface area contributed by atoms with Gasteiger partial charge < -0.3 is 5.32 Å². The number of alkyl halides is 3. The molecule has 0 rings (SSSR count). The van der Waals surface area contributed by atoms with Crippen molar-refractivity contribution in [2.45, 2.75) is 6.18 Å². The summed E-state index contributed by atoms with van der Waals surface area (Å²) in [6.45, 7) is 2.56. The van der Waals surface area contributed by atoms with E-state index < -0.39 is 17.7 Å². The molecule has 0 aromatic rings. The van der Waals surface area contributed by atoms with E-state index in [1.165, 1.54) is 0 Å². The zero-order chi connectivity index (χ0) is 8.36. The molecule has 0 unspecified atom stereocenters. The van der Waals surface area contributed by atoms with Gasteiger partial charge in [-0.1, -0.05) is 6.58 Å². The average Bonchev–Trinajstić information content (AvgIpc) is 1.83. The Kier molecular flexibility index (Phi) is 2.45. The molecule has 58 valence electrons. The van der Waals surface area contributed by atoms with Gasteiger partial charge in [-0.25, -0.2) is 0 Å². The summed E-state index contributed by atoms with van der Waals surface area (Å²) in [5, 5.41) is 1.81. The molecule has 1 N–H and O–H groups in total. The van der Waals surface area contributed by atoms with Crippen molar-refractivity contribution in [3.63, 3.8) is 0 Å². The normalized spacial score (nSPS) is 10.8. The number of amides is 1. The van der Waals surface area contributed by atoms with Gasteiger partial charge in [-0.3, -0.25) is 4.79 Å². The standard InChI is InChI=1S/C5H6F3NO/c1-3(4(10)9-2)5(6,7)8/h1H2,2H3,(H,9,10). The fourth-order valence-electron chi connectivity index (χ4n) is 0.280. The number of carbonyl (C=O) groups is 1. The maximum atomic E-state index is 11.5. The second kappa shape index (κ2) is 2.72. The maximum absolute atomic E-state index is 11.5. The lowest BCUT2D eigenvalue weighted by molar-refractivity contribution is -0.130. The van der Waals surface area contributed by atoms with Gasteiger partial charge in [0.2, 0.25) is 0 Å². The van der Waals surface area contributed by atoms with Crippen LogP contribution in [0.4, 0.5) is 13.2 Å². The van der Waals surface area contributed by atoms with Gasteiger partial charge in [0.15, 0.2) is 0 Å². The van der Waals surface area contributed by atoms with Crippen molar-refractivity contribution in [1.82, 2.24) is 5.32 Å². The molecule has 2 nitrogen and oxygen atoms in total. The molecule has 10 heavy (non-hydrogen) atoms. The van der Waals surface area contributed by atoms with Crippen molar-refractivity contribution < 1.29 is 18.0 Å². The Bertz CT molecular complexity index is 161. The highest BCUT2D eigenvalue weighted by Gasteiger charge is 2.36. The van der Waals surface area contributed by atoms with Crippen LogP contribution in [0.1, 0.15) is 0 Å². The average molecular weight is 153 g/mol. The molecule has 1 amide bonds. The second-order valence-corrected chi connectivity index (χ2v) is 1.56. The van der Waals surface area contributed by atoms with E-state index in [1.54, 1.807) is 0 Å². The predicted molar refractivity (Wildman–Crippen MR) is 29.3 cm³/mol. The molecule has 0 heterocycles. The van der Waals surface area contributed by atoms with Gasteiger partial charge in [-0.15, -0.1) is 0 Å². The lowest BCUT2D eigenvalue weighted by Gasteiger charge is -2.06. The fraction of sp³-hybridized carbons (Fsp3) is 0.400. The van der Waals surface area contributed by atoms with Crippen molar-refractivity contribution in [3.8, 4) is 0 Å². The predicted octanol–water partition coefficient (Wildman–Crippen LogP) is 0.851. The number of likely N-dealkylation sites (N-methyl/N-ethyl adjacent to an activating group) is 1. The van der Waals surface area contributed by atoms with Crippen molar-refractivity contribution in [2.75, 3.05) is 7.05 Å². The van der Waals surface area contributed by atoms with E-state index in [1.807, 2.05) is 5.32 Å². The first-order valence-corrected chi connectivity index (χ1v) is 2.37. The Morgan fingerprint density at radius 2 is 1.90 bits per heavy atom. The number of carbonyl (C=O) groups excluding carboxylic acids is 1. The highest BCUT2D eigenvalue weighted by atomic mass is 19.4. The Morgan fingerprint density at radius 3 is 2.00 bits per heavy atom. The molecular weight excluding hydrogens is 147 g/mol. The van der Waals surface area contributed by atoms with Gasteiger partial charge >= 0.3 is 6.18 Å². The molecule has 0 atom stereocenters. The molecule has 0 aromatic carbocycles. The van der Waals surface area contributed by atoms with Gasteiger partial charge in [0, 0.05) is 7.05 Å². The summed E-state index contributed by atoms with van der Waals surface area (Å²) in [4.78, 5) is 10.2. The summed E-state index contributed by atoms with van der Waals surface area (Å²) in [5.74, 6) is -1.20. The van der Waals surface area contributed by atoms with Gasteiger partial charge in [0.25, 0.3) is 5.91 Å². The zero-order valence-electron chi connectivity index (χ0n) is 5.25. The Labute approximate surface area is 55.7 Å². The molecule has 0 fully saturated rings. The van der Waals surface area contributed by atoms with Crippen LogP contribution >= 0.6 is 0 Å². The van der Waals surface area contributed by atoms with Crippen LogP contribution in [-0.4, -0.2) is 19.1 Å². The van der Waals surface area contributed by atoms with Crippen molar-refractivity contribution in [1.29, 1.82) is 0 Å². The minimum absolute atomic E-state index is 1.11. The Morgan fingerprint density at radius 1 is 1.50 bits per heavy atom. The minimum Gasteiger partial charge on any atom is -0.355 e. The SMILES string of the molecule is C=C(C(=O)NC)C(F)(F)F. The topological polar surface area (TPSA) is 29.1 Å². The van der Waals surface area contributed by atoms with Crippen LogP contribution in [0.15, 0.2) is 12.2 Å². The van der Waals surface area contributed by atoms with Crippen LogP contribution < -0.4 is 5.32 Å². The summed E-state index contributed by atoms with van der Waals surface area (Å²) >= 11 is 0. The van der Waals surface area contributed by atoms with E-state index >= 15 is 0 Å². The first kappa shape index (κ1) is 9.00. The number of nitrogens with one attached hydrogen (secondary N) is 1. The maximum Gasteiger partial charge on any atom is 0.421 e. The largest absolute Gasteiger partial charge is 0.421 e. The molecule has 0 saturated heterocycles. The summed E-state index contributed by atoms with van der Waals surface area (Å²) in [5.41, 5.74) is -1.38. The van der Waals surface area contributed by atoms with E-state index in [-0.39, 0.29) is 0 Å². The third-order valence-electron chi connectivity index (χ3n) is 0.843. The van der Waals surface area contributed by atoms with Crippen LogP contribution in [0.2, 0.25) is 0 Å². The summed E-state index contributed by atoms with van der Waals surface area (Å²) in [7, 11) is 1.11. The van der Waals surface area contributed by atoms with Crippen molar-refractivity contribution in [3.05, 3.63) is 12.2 Å². The Hall–Kier alpha value is -1.00. The van der Waals surface area contributed by atoms with Crippen LogP contribution in [-0.2, 0) is 4.79 Å². The van der Waals surface area contributed by atoms with Crippen molar-refractivity contribution in [2.24, 2.45) is 0 Å². The number of rotatable bonds is 1. The van der Waals surface area contributed by atoms with E-state index in [9.17, 15) is 18.0 Å². The first-order chi connectivity index (χ1) is 4.39. The van der Waals surface area contributed by atoms with Crippen LogP contribution in [0.3, 0.4) is 0 Å². The van der Waals surface area contributed by atoms with Crippen LogP contribution in [0.5, 0.6) is 0 Å². The number of hydrogen-bond donors (Lipinski definition) is 1. The van der Waals surface area contributed by atoms with E-state index in [0.29, 0.717) is 0 Å². The van der Waals surface area contributed by atoms with E-state index in [0.717, 1.165) is 7.05 Å². The monoisotopic (exact) mass is 153 g/mol. The number of hydrogen-bond acceptors (Lipinski definition) is 1.